The summed E-state index contributed by atoms with van der Waals surface area (Å²) in [6, 6.07) is 80.0. The molecular formula is C84H85Cl4N19NaO9Y3-3. The number of methoxy groups -OCH3 is 1. The van der Waals surface area contributed by atoms with Crippen molar-refractivity contribution in [3.63, 3.8) is 0 Å². The van der Waals surface area contributed by atoms with Crippen molar-refractivity contribution in [1.29, 1.82) is 0 Å². The number of ether oxygens (including phenoxy) is 4. The van der Waals surface area contributed by atoms with Crippen LogP contribution < -0.4 is 86.3 Å². The minimum Gasteiger partial charge on any atom is -0.857 e. The number of hydrogen-bond acceptors (Lipinski definition) is 24. The zero-order valence-electron chi connectivity index (χ0n) is 67.8. The van der Waals surface area contributed by atoms with Gasteiger partial charge in [0.05, 0.1) is 12.8 Å². The second kappa shape index (κ2) is 63.4. The molecule has 0 saturated heterocycles. The first-order chi connectivity index (χ1) is 55.0. The molecule has 3 radical (unpaired) electrons. The molecule has 9 N–H and O–H groups in total. The minimum absolute atomic E-state index is 0. The maximum Gasteiger partial charge on any atom is 1.00 e. The Hall–Kier alpha value is -9.55. The molecule has 36 heteroatoms. The summed E-state index contributed by atoms with van der Waals surface area (Å²) in [6.45, 7) is 12.0. The number of carbonyl (C=O) groups excluding carboxylic acids is 3. The van der Waals surface area contributed by atoms with Crippen molar-refractivity contribution in [2.45, 2.75) is 41.5 Å². The molecule has 4 heterocycles. The Labute approximate surface area is 815 Å². The molecule has 0 fully saturated rings. The monoisotopic (exact) mass is 1930 g/mol. The Balaban J connectivity index is 0. The molecule has 120 heavy (non-hydrogen) atoms. The van der Waals surface area contributed by atoms with E-state index < -0.39 is 12.1 Å². The van der Waals surface area contributed by atoms with Crippen molar-refractivity contribution in [2.24, 2.45) is 4.99 Å². The first kappa shape index (κ1) is 112. The number of aromatic nitrogens is 12. The third-order valence-electron chi connectivity index (χ3n) is 13.5. The van der Waals surface area contributed by atoms with Crippen LogP contribution >= 0.6 is 46.4 Å². The van der Waals surface area contributed by atoms with Gasteiger partial charge in [0.2, 0.25) is 51.0 Å². The van der Waals surface area contributed by atoms with Crippen LogP contribution in [0.1, 0.15) is 41.5 Å². The zero-order valence-corrected chi connectivity index (χ0v) is 81.3. The molecule has 0 aliphatic carbocycles. The van der Waals surface area contributed by atoms with E-state index in [9.17, 15) is 14.4 Å². The van der Waals surface area contributed by atoms with Gasteiger partial charge in [0.15, 0.2) is 0 Å². The van der Waals surface area contributed by atoms with Crippen molar-refractivity contribution in [2.75, 3.05) is 47.0 Å². The summed E-state index contributed by atoms with van der Waals surface area (Å²) < 4.78 is 22.1. The van der Waals surface area contributed by atoms with Crippen LogP contribution in [0.4, 0.5) is 50.4 Å². The molecule has 28 nitrogen and oxygen atoms in total. The number of nitrogens with two attached hydrogens (primary N) is 2. The molecule has 11 aromatic carbocycles. The maximum atomic E-state index is 12.2. The molecule has 611 valence electrons. The van der Waals surface area contributed by atoms with E-state index in [1.54, 1.807) is 54.6 Å². The van der Waals surface area contributed by atoms with Gasteiger partial charge < -0.3 is 73.5 Å². The normalized spacial score (nSPS) is 9.07. The first-order valence-electron chi connectivity index (χ1n) is 34.2. The van der Waals surface area contributed by atoms with Gasteiger partial charge in [0.25, 0.3) is 0 Å². The predicted octanol–water partition coefficient (Wildman–Crippen LogP) is 18.0. The summed E-state index contributed by atoms with van der Waals surface area (Å²) in [6.07, 6.45) is 1.46. The number of benzene rings is 11. The van der Waals surface area contributed by atoms with Gasteiger partial charge in [-0.25, -0.2) is 14.4 Å². The number of para-hydroxylation sites is 3. The van der Waals surface area contributed by atoms with Crippen molar-refractivity contribution >= 4 is 148 Å². The van der Waals surface area contributed by atoms with Gasteiger partial charge in [-0.15, -0.1) is 4.98 Å². The van der Waals surface area contributed by atoms with Crippen LogP contribution in [0.2, 0.25) is 21.1 Å². The van der Waals surface area contributed by atoms with Crippen molar-refractivity contribution in [3.8, 4) is 47.0 Å². The average molecular weight is 1940 g/mol. The Morgan fingerprint density at radius 3 is 1.02 bits per heavy atom. The Kier molecular flexibility index (Phi) is 59.5. The molecular weight excluding hydrogens is 1850 g/mol. The average Bonchev–Trinajstić information content (AvgIpc) is 0.833. The van der Waals surface area contributed by atoms with Gasteiger partial charge in [-0.1, -0.05) is 217 Å². The summed E-state index contributed by atoms with van der Waals surface area (Å²) in [5, 5.41) is 36.3. The number of anilines is 6. The number of aliphatic imine (C=N–C) groups is 1. The van der Waals surface area contributed by atoms with E-state index >= 15 is 0 Å². The number of amides is 4. The van der Waals surface area contributed by atoms with Crippen molar-refractivity contribution in [3.05, 3.63) is 304 Å². The Morgan fingerprint density at radius 1 is 0.367 bits per heavy atom. The molecule has 0 atom stereocenters. The molecule has 0 aliphatic rings. The van der Waals surface area contributed by atoms with Crippen LogP contribution in [-0.4, -0.2) is 97.3 Å². The number of urea groups is 2. The first-order valence-corrected chi connectivity index (χ1v) is 35.7. The predicted molar refractivity (Wildman–Crippen MR) is 464 cm³/mol. The fourth-order valence-corrected chi connectivity index (χ4v) is 9.70. The summed E-state index contributed by atoms with van der Waals surface area (Å²) in [5.41, 5.74) is 12.5. The number of phenols is 1. The summed E-state index contributed by atoms with van der Waals surface area (Å²) in [5.74, 6) is 2.06. The van der Waals surface area contributed by atoms with Crippen LogP contribution in [0.25, 0.3) is 43.1 Å². The number of nitrogen functional groups attached to an aromatic ring is 2. The van der Waals surface area contributed by atoms with Gasteiger partial charge in [-0.2, -0.15) is 66.9 Å². The van der Waals surface area contributed by atoms with Gasteiger partial charge in [0, 0.05) is 110 Å². The van der Waals surface area contributed by atoms with E-state index in [4.69, 9.17) is 87.0 Å². The molecule has 0 aliphatic heterocycles. The third-order valence-corrected chi connectivity index (χ3v) is 14.2. The second-order valence-corrected chi connectivity index (χ2v) is 22.3. The SMILES string of the molecule is CC.CC.CC.COc1nc(NC(=O)Nc2ccccc2)nc(Oc2ccc3ccccc3c2)n1.C[O-].Nc1nc(Cl)nc(Cl)n1.Nc1nc(Cl)nc(Oc2ccc3ccccc3c2)n1.O=C(Nc1ccccc1)Nc1nc(Cl)nc(Oc2ccc3ccccc3c2)n1.O=C=Nc1ccccc1.Oc1ccc2ccccc2c1.[CH3-].[CH3-].[CH3-].[Na+].[Y].[Y].[Y]. The van der Waals surface area contributed by atoms with Crippen molar-refractivity contribution in [1.82, 2.24) is 59.8 Å². The van der Waals surface area contributed by atoms with Gasteiger partial charge in [-0.05, 0) is 174 Å². The van der Waals surface area contributed by atoms with Crippen molar-refractivity contribution < 1.29 is 171 Å². The largest absolute Gasteiger partial charge is 1.00 e. The Bertz CT molecular complexity index is 5470. The van der Waals surface area contributed by atoms with E-state index in [1.807, 2.05) is 248 Å². The van der Waals surface area contributed by atoms with Crippen LogP contribution in [0.5, 0.6) is 47.0 Å². The molecule has 0 unspecified atom stereocenters. The smallest absolute Gasteiger partial charge is 0.857 e. The van der Waals surface area contributed by atoms with Gasteiger partial charge in [0.1, 0.15) is 23.0 Å². The minimum atomic E-state index is -0.509. The molecule has 15 rings (SSSR count). The number of aromatic hydroxyl groups is 1. The number of carbonyl (C=O) groups is 2. The summed E-state index contributed by atoms with van der Waals surface area (Å²) in [4.78, 5) is 83.3. The van der Waals surface area contributed by atoms with E-state index in [0.717, 1.165) is 50.2 Å². The maximum absolute atomic E-state index is 12.2. The third kappa shape index (κ3) is 40.7. The number of rotatable bonds is 12. The number of nitrogens with one attached hydrogen (secondary N) is 4. The van der Waals surface area contributed by atoms with Gasteiger partial charge in [-0.3, -0.25) is 10.6 Å². The number of fused-ring (bicyclic) bond motifs is 4. The fraction of sp³-hybridized carbons (Fsp3) is 0.0952. The number of nitrogens with zero attached hydrogens (tertiary/aromatic N) is 13. The number of halogens is 4. The zero-order chi connectivity index (χ0) is 81.7. The topological polar surface area (TPSA) is 399 Å². The number of phenolic OH excluding ortho intramolecular Hbond substituents is 1. The van der Waals surface area contributed by atoms with Crippen LogP contribution in [0.15, 0.2) is 266 Å². The summed E-state index contributed by atoms with van der Waals surface area (Å²) in [7, 11) is 2.17. The molecule has 0 saturated carbocycles. The molecule has 0 bridgehead atoms. The molecule has 4 aromatic heterocycles. The second-order valence-electron chi connectivity index (χ2n) is 20.9. The van der Waals surface area contributed by atoms with Crippen LogP contribution in [0.3, 0.4) is 0 Å². The van der Waals surface area contributed by atoms with E-state index in [1.165, 1.54) is 13.2 Å². The van der Waals surface area contributed by atoms with E-state index in [2.05, 4.69) is 86.1 Å². The molecule has 4 amide bonds. The van der Waals surface area contributed by atoms with Gasteiger partial charge >= 0.3 is 65.7 Å². The Morgan fingerprint density at radius 2 is 0.658 bits per heavy atom. The standard InChI is InChI=1S/C21H17N5O3.C20H14ClN5O2.C13H9ClN4O.C10H8O.C7H5NO.C3H2Cl2N4.3C2H6.CH3O.3CH3.Na.3Y/c1-28-20-24-18(23-19(27)22-16-9-3-2-4-10-16)25-21(26-20)29-17-12-11-14-7-5-6-8-15(14)13-17;21-17-23-18(25-19(27)22-15-8-2-1-3-9-15)26-20(24-17)28-16-11-10-13-6-4-5-7-14(13)12-16;14-11-16-12(15)18-13(17-11)19-10-6-5-8-3-1-2-4-9(8)7-10;11-10-6-5-8-3-1-2-4-9(8)7-10;9-6-8-7-4-2-1-3-5-7;4-1-7-2(5)9-3(6)8-1;4*1-2;;;;;;;/h2-13H,1H3,(H2,22,23,24,25,26,27);1-12H,(H2,22,23,24,25,26,27);1-7H,(H2,15,16,17,18);1-7,11H;1-5H;(H2,6,7,8,9);3*1-2H3;1H3;3*1H3;;;;/q;;;;;;;;;4*-1;+1;;;. The van der Waals surface area contributed by atoms with E-state index in [0.29, 0.717) is 40.1 Å². The quantitative estimate of drug-likeness (QED) is 0.0258. The molecule has 0 spiro atoms. The number of isocyanates is 1. The fourth-order valence-electron chi connectivity index (χ4n) is 9.01. The molecule has 15 aromatic rings. The summed E-state index contributed by atoms with van der Waals surface area (Å²) >= 11 is 22.3. The van der Waals surface area contributed by atoms with Crippen LogP contribution in [-0.2, 0) is 103 Å². The van der Waals surface area contributed by atoms with Crippen LogP contribution in [0, 0.1) is 22.3 Å². The number of hydrogen-bond donors (Lipinski definition) is 7. The van der Waals surface area contributed by atoms with E-state index in [-0.39, 0.29) is 219 Å².